The van der Waals surface area contributed by atoms with Gasteiger partial charge in [-0.1, -0.05) is 30.3 Å². The lowest BCUT2D eigenvalue weighted by Crippen LogP contribution is -2.05. The van der Waals surface area contributed by atoms with Gasteiger partial charge >= 0.3 is 0 Å². The topological polar surface area (TPSA) is 77.0 Å². The number of hydrogen-bond acceptors (Lipinski definition) is 5. The summed E-state index contributed by atoms with van der Waals surface area (Å²) in [4.78, 5) is 0. The van der Waals surface area contributed by atoms with Gasteiger partial charge in [0.2, 0.25) is 0 Å². The number of nitrogen functional groups attached to an aromatic ring is 1. The number of aliphatic hydroxyl groups is 1. The van der Waals surface area contributed by atoms with Gasteiger partial charge < -0.3 is 15.4 Å². The Morgan fingerprint density at radius 2 is 2.00 bits per heavy atom. The summed E-state index contributed by atoms with van der Waals surface area (Å²) < 4.78 is 2.20. The quantitative estimate of drug-likeness (QED) is 0.670. The van der Waals surface area contributed by atoms with Gasteiger partial charge in [-0.3, -0.25) is 0 Å². The normalized spacial score (nSPS) is 16.2. The Labute approximate surface area is 128 Å². The van der Waals surface area contributed by atoms with Gasteiger partial charge in [0.1, 0.15) is 5.82 Å². The molecule has 0 amide bonds. The van der Waals surface area contributed by atoms with Crippen LogP contribution in [-0.4, -0.2) is 25.6 Å². The highest BCUT2D eigenvalue weighted by molar-refractivity contribution is 7.99. The highest BCUT2D eigenvalue weighted by atomic mass is 32.2. The Kier molecular flexibility index (Phi) is 4.45. The summed E-state index contributed by atoms with van der Waals surface area (Å²) in [5, 5.41) is 19.7. The van der Waals surface area contributed by atoms with Gasteiger partial charge in [0.05, 0.1) is 6.10 Å². The van der Waals surface area contributed by atoms with Crippen molar-refractivity contribution >= 4 is 17.4 Å². The van der Waals surface area contributed by atoms with Crippen molar-refractivity contribution < 1.29 is 5.11 Å². The molecule has 0 fully saturated rings. The standard InChI is InChI=1S/C15H20N4OS/c16-12-7-5-11(6-8-12)13(20)10-21-15-18-17-14-4-2-1-3-9-19(14)15/h5-8,13,20H,1-4,9-10,16H2. The Bertz CT molecular complexity index is 596. The molecule has 1 atom stereocenters. The number of aromatic nitrogens is 3. The number of nitrogens with two attached hydrogens (primary N) is 1. The molecule has 5 nitrogen and oxygen atoms in total. The van der Waals surface area contributed by atoms with Crippen LogP contribution in [0, 0.1) is 0 Å². The van der Waals surface area contributed by atoms with Crippen LogP contribution < -0.4 is 5.73 Å². The molecular formula is C15H20N4OS. The molecule has 3 N–H and O–H groups in total. The van der Waals surface area contributed by atoms with Crippen LogP contribution in [0.1, 0.15) is 36.8 Å². The van der Waals surface area contributed by atoms with E-state index in [1.54, 1.807) is 11.8 Å². The van der Waals surface area contributed by atoms with E-state index >= 15 is 0 Å². The zero-order valence-electron chi connectivity index (χ0n) is 11.9. The van der Waals surface area contributed by atoms with Crippen LogP contribution in [0.5, 0.6) is 0 Å². The molecule has 0 bridgehead atoms. The number of anilines is 1. The fourth-order valence-corrected chi connectivity index (χ4v) is 3.48. The molecule has 1 aliphatic heterocycles. The second-order valence-electron chi connectivity index (χ2n) is 5.35. The van der Waals surface area contributed by atoms with Crippen molar-refractivity contribution in [3.63, 3.8) is 0 Å². The molecular weight excluding hydrogens is 284 g/mol. The molecule has 0 radical (unpaired) electrons. The summed E-state index contributed by atoms with van der Waals surface area (Å²) in [6.07, 6.45) is 4.11. The van der Waals surface area contributed by atoms with Crippen LogP contribution in [0.25, 0.3) is 0 Å². The first kappa shape index (κ1) is 14.4. The van der Waals surface area contributed by atoms with Gasteiger partial charge in [-0.05, 0) is 30.5 Å². The minimum atomic E-state index is -0.519. The number of aryl methyl sites for hydroxylation is 1. The second-order valence-corrected chi connectivity index (χ2v) is 6.34. The third-order valence-electron chi connectivity index (χ3n) is 3.77. The molecule has 3 rings (SSSR count). The van der Waals surface area contributed by atoms with E-state index in [2.05, 4.69) is 14.8 Å². The lowest BCUT2D eigenvalue weighted by Gasteiger charge is -2.11. The average Bonchev–Trinajstić information content (AvgIpc) is 2.72. The van der Waals surface area contributed by atoms with Gasteiger partial charge in [-0.15, -0.1) is 10.2 Å². The van der Waals surface area contributed by atoms with Crippen LogP contribution in [0.15, 0.2) is 29.4 Å². The number of hydrogen-bond donors (Lipinski definition) is 2. The molecule has 21 heavy (non-hydrogen) atoms. The maximum absolute atomic E-state index is 10.3. The van der Waals surface area contributed by atoms with Gasteiger partial charge in [-0.2, -0.15) is 0 Å². The Morgan fingerprint density at radius 3 is 2.81 bits per heavy atom. The monoisotopic (exact) mass is 304 g/mol. The molecule has 2 heterocycles. The Balaban J connectivity index is 1.65. The second kappa shape index (κ2) is 6.49. The molecule has 2 aromatic rings. The van der Waals surface area contributed by atoms with Crippen LogP contribution in [0.2, 0.25) is 0 Å². The summed E-state index contributed by atoms with van der Waals surface area (Å²) in [5.74, 6) is 1.65. The number of aliphatic hydroxyl groups excluding tert-OH is 1. The summed E-state index contributed by atoms with van der Waals surface area (Å²) in [5.41, 5.74) is 7.25. The molecule has 6 heteroatoms. The van der Waals surface area contributed by atoms with Gasteiger partial charge in [0, 0.05) is 24.4 Å². The summed E-state index contributed by atoms with van der Waals surface area (Å²) >= 11 is 1.57. The molecule has 0 aliphatic carbocycles. The van der Waals surface area contributed by atoms with Crippen LogP contribution in [0.4, 0.5) is 5.69 Å². The largest absolute Gasteiger partial charge is 0.399 e. The molecule has 0 saturated carbocycles. The molecule has 1 aromatic carbocycles. The number of nitrogens with zero attached hydrogens (tertiary/aromatic N) is 3. The number of thioether (sulfide) groups is 1. The molecule has 1 unspecified atom stereocenters. The summed E-state index contributed by atoms with van der Waals surface area (Å²) in [6.45, 7) is 0.989. The van der Waals surface area contributed by atoms with E-state index in [9.17, 15) is 5.11 Å². The lowest BCUT2D eigenvalue weighted by atomic mass is 10.1. The van der Waals surface area contributed by atoms with E-state index in [0.29, 0.717) is 11.4 Å². The van der Waals surface area contributed by atoms with Crippen LogP contribution >= 0.6 is 11.8 Å². The van der Waals surface area contributed by atoms with Gasteiger partial charge in [-0.25, -0.2) is 0 Å². The third-order valence-corrected chi connectivity index (χ3v) is 4.81. The number of fused-ring (bicyclic) bond motifs is 1. The van der Waals surface area contributed by atoms with Crippen molar-refractivity contribution in [1.29, 1.82) is 0 Å². The van der Waals surface area contributed by atoms with E-state index in [1.807, 2.05) is 24.3 Å². The van der Waals surface area contributed by atoms with Crippen molar-refractivity contribution in [3.05, 3.63) is 35.7 Å². The highest BCUT2D eigenvalue weighted by Gasteiger charge is 2.16. The van der Waals surface area contributed by atoms with E-state index < -0.39 is 6.10 Å². The zero-order chi connectivity index (χ0) is 14.7. The first-order chi connectivity index (χ1) is 10.2. The van der Waals surface area contributed by atoms with Gasteiger partial charge in [0.15, 0.2) is 5.16 Å². The molecule has 1 aromatic heterocycles. The SMILES string of the molecule is Nc1ccc(C(O)CSc2nnc3n2CCCCC3)cc1. The summed E-state index contributed by atoms with van der Waals surface area (Å²) in [6, 6.07) is 7.36. The van der Waals surface area contributed by atoms with E-state index in [1.165, 1.54) is 19.3 Å². The third kappa shape index (κ3) is 3.39. The van der Waals surface area contributed by atoms with Crippen molar-refractivity contribution in [2.45, 2.75) is 43.5 Å². The molecule has 1 aliphatic rings. The van der Waals surface area contributed by atoms with Crippen molar-refractivity contribution in [2.75, 3.05) is 11.5 Å². The van der Waals surface area contributed by atoms with Crippen molar-refractivity contribution in [2.24, 2.45) is 0 Å². The summed E-state index contributed by atoms with van der Waals surface area (Å²) in [7, 11) is 0. The number of benzene rings is 1. The lowest BCUT2D eigenvalue weighted by molar-refractivity contribution is 0.204. The van der Waals surface area contributed by atoms with Crippen molar-refractivity contribution in [1.82, 2.24) is 14.8 Å². The smallest absolute Gasteiger partial charge is 0.191 e. The van der Waals surface area contributed by atoms with E-state index in [4.69, 9.17) is 5.73 Å². The predicted molar refractivity (Wildman–Crippen MR) is 84.1 cm³/mol. The Hall–Kier alpha value is -1.53. The fourth-order valence-electron chi connectivity index (χ4n) is 2.53. The molecule has 112 valence electrons. The number of rotatable bonds is 4. The maximum Gasteiger partial charge on any atom is 0.191 e. The fraction of sp³-hybridized carbons (Fsp3) is 0.467. The average molecular weight is 304 g/mol. The minimum Gasteiger partial charge on any atom is -0.399 e. The minimum absolute atomic E-state index is 0.519. The highest BCUT2D eigenvalue weighted by Crippen LogP contribution is 2.26. The van der Waals surface area contributed by atoms with Gasteiger partial charge in [0.25, 0.3) is 0 Å². The maximum atomic E-state index is 10.3. The van der Waals surface area contributed by atoms with Crippen LogP contribution in [-0.2, 0) is 13.0 Å². The Morgan fingerprint density at radius 1 is 1.19 bits per heavy atom. The first-order valence-corrected chi connectivity index (χ1v) is 8.31. The van der Waals surface area contributed by atoms with Crippen LogP contribution in [0.3, 0.4) is 0 Å². The molecule has 0 spiro atoms. The predicted octanol–water partition coefficient (Wildman–Crippen LogP) is 2.41. The van der Waals surface area contributed by atoms with Crippen molar-refractivity contribution in [3.8, 4) is 0 Å². The first-order valence-electron chi connectivity index (χ1n) is 7.32. The molecule has 0 saturated heterocycles. The van der Waals surface area contributed by atoms with E-state index in [-0.39, 0.29) is 0 Å². The van der Waals surface area contributed by atoms with E-state index in [0.717, 1.165) is 29.5 Å². The zero-order valence-corrected chi connectivity index (χ0v) is 12.7.